The number of nitrogens with zero attached hydrogens (tertiary/aromatic N) is 2. The van der Waals surface area contributed by atoms with E-state index in [-0.39, 0.29) is 6.42 Å². The third-order valence-corrected chi connectivity index (χ3v) is 1.44. The molecule has 0 aliphatic carbocycles. The van der Waals surface area contributed by atoms with E-state index in [1.807, 2.05) is 0 Å². The van der Waals surface area contributed by atoms with Crippen LogP contribution in [0.2, 0.25) is 0 Å². The fourth-order valence-electron chi connectivity index (χ4n) is 0.873. The summed E-state index contributed by atoms with van der Waals surface area (Å²) in [5, 5.41) is 3.58. The van der Waals surface area contributed by atoms with Crippen molar-refractivity contribution in [2.24, 2.45) is 11.5 Å². The number of carbonyl (C=O) groups excluding carboxylic acids is 1. The zero-order valence-corrected chi connectivity index (χ0v) is 7.19. The molecule has 0 radical (unpaired) electrons. The number of aryl methyl sites for hydroxylation is 1. The van der Waals surface area contributed by atoms with Crippen LogP contribution in [0.1, 0.15) is 18.1 Å². The van der Waals surface area contributed by atoms with Crippen LogP contribution in [0.15, 0.2) is 4.52 Å². The molecular formula is C7H12N4O2. The van der Waals surface area contributed by atoms with Crippen LogP contribution in [0.3, 0.4) is 0 Å². The van der Waals surface area contributed by atoms with Crippen LogP contribution >= 0.6 is 0 Å². The van der Waals surface area contributed by atoms with Gasteiger partial charge in [-0.2, -0.15) is 4.98 Å². The van der Waals surface area contributed by atoms with E-state index in [9.17, 15) is 4.79 Å². The van der Waals surface area contributed by atoms with Crippen molar-refractivity contribution in [3.05, 3.63) is 11.7 Å². The summed E-state index contributed by atoms with van der Waals surface area (Å²) in [5.74, 6) is 0.368. The lowest BCUT2D eigenvalue weighted by molar-refractivity contribution is -0.117. The van der Waals surface area contributed by atoms with Crippen molar-refractivity contribution in [3.8, 4) is 0 Å². The molecule has 0 aromatic carbocycles. The molecule has 0 atom stereocenters. The molecule has 6 nitrogen and oxygen atoms in total. The summed E-state index contributed by atoms with van der Waals surface area (Å²) in [6.45, 7) is 0.577. The van der Waals surface area contributed by atoms with Gasteiger partial charge in [0.05, 0.1) is 6.42 Å². The van der Waals surface area contributed by atoms with Crippen LogP contribution < -0.4 is 11.5 Å². The van der Waals surface area contributed by atoms with Crippen molar-refractivity contribution in [1.82, 2.24) is 10.1 Å². The second kappa shape index (κ2) is 4.56. The standard InChI is InChI=1S/C7H12N4O2/c8-3-1-2-7-10-6(11-13-7)4-5(9)12/h1-4,8H2,(H2,9,12). The number of primary amides is 1. The van der Waals surface area contributed by atoms with Gasteiger partial charge in [0.1, 0.15) is 0 Å². The first-order chi connectivity index (χ1) is 6.22. The zero-order chi connectivity index (χ0) is 9.68. The molecule has 0 saturated carbocycles. The van der Waals surface area contributed by atoms with Crippen molar-refractivity contribution in [2.75, 3.05) is 6.54 Å². The van der Waals surface area contributed by atoms with Crippen LogP contribution in [0.4, 0.5) is 0 Å². The maximum absolute atomic E-state index is 10.5. The molecule has 1 amide bonds. The number of aromatic nitrogens is 2. The normalized spacial score (nSPS) is 10.2. The highest BCUT2D eigenvalue weighted by molar-refractivity contribution is 5.75. The molecule has 0 fully saturated rings. The van der Waals surface area contributed by atoms with E-state index in [1.54, 1.807) is 0 Å². The lowest BCUT2D eigenvalue weighted by Gasteiger charge is -1.88. The van der Waals surface area contributed by atoms with Crippen LogP contribution in [0.5, 0.6) is 0 Å². The molecular weight excluding hydrogens is 172 g/mol. The second-order valence-electron chi connectivity index (χ2n) is 2.64. The smallest absolute Gasteiger partial charge is 0.226 e. The van der Waals surface area contributed by atoms with E-state index in [2.05, 4.69) is 10.1 Å². The molecule has 1 aromatic rings. The molecule has 0 aliphatic rings. The summed E-state index contributed by atoms with van der Waals surface area (Å²) in [5.41, 5.74) is 10.3. The molecule has 0 unspecified atom stereocenters. The average molecular weight is 184 g/mol. The van der Waals surface area contributed by atoms with Crippen LogP contribution in [0.25, 0.3) is 0 Å². The van der Waals surface area contributed by atoms with Gasteiger partial charge in [-0.1, -0.05) is 5.16 Å². The number of amides is 1. The quantitative estimate of drug-likeness (QED) is 0.609. The van der Waals surface area contributed by atoms with Gasteiger partial charge in [0, 0.05) is 6.42 Å². The summed E-state index contributed by atoms with van der Waals surface area (Å²) >= 11 is 0. The Balaban J connectivity index is 2.48. The largest absolute Gasteiger partial charge is 0.369 e. The van der Waals surface area contributed by atoms with Gasteiger partial charge in [0.15, 0.2) is 5.82 Å². The number of hydrogen-bond acceptors (Lipinski definition) is 5. The van der Waals surface area contributed by atoms with Gasteiger partial charge in [-0.3, -0.25) is 4.79 Å². The minimum Gasteiger partial charge on any atom is -0.369 e. The second-order valence-corrected chi connectivity index (χ2v) is 2.64. The third kappa shape index (κ3) is 3.20. The van der Waals surface area contributed by atoms with Crippen LogP contribution in [-0.2, 0) is 17.6 Å². The zero-order valence-electron chi connectivity index (χ0n) is 7.19. The van der Waals surface area contributed by atoms with E-state index >= 15 is 0 Å². The molecule has 1 rings (SSSR count). The monoisotopic (exact) mass is 184 g/mol. The maximum atomic E-state index is 10.5. The first-order valence-electron chi connectivity index (χ1n) is 4.02. The van der Waals surface area contributed by atoms with Gasteiger partial charge in [0.2, 0.25) is 11.8 Å². The Labute approximate surface area is 75.3 Å². The average Bonchev–Trinajstić information content (AvgIpc) is 2.48. The van der Waals surface area contributed by atoms with Gasteiger partial charge in [0.25, 0.3) is 0 Å². The number of carbonyl (C=O) groups is 1. The molecule has 0 spiro atoms. The summed E-state index contributed by atoms with van der Waals surface area (Å²) in [6.07, 6.45) is 1.45. The first-order valence-corrected chi connectivity index (χ1v) is 4.02. The van der Waals surface area contributed by atoms with Crippen molar-refractivity contribution >= 4 is 5.91 Å². The molecule has 4 N–H and O–H groups in total. The van der Waals surface area contributed by atoms with E-state index in [4.69, 9.17) is 16.0 Å². The summed E-state index contributed by atoms with van der Waals surface area (Å²) in [4.78, 5) is 14.4. The lowest BCUT2D eigenvalue weighted by atomic mass is 10.3. The molecule has 72 valence electrons. The van der Waals surface area contributed by atoms with Crippen molar-refractivity contribution < 1.29 is 9.32 Å². The SMILES string of the molecule is NCCCc1nc(CC(N)=O)no1. The predicted molar refractivity (Wildman–Crippen MR) is 44.6 cm³/mol. The molecule has 1 heterocycles. The van der Waals surface area contributed by atoms with Gasteiger partial charge in [-0.15, -0.1) is 0 Å². The fraction of sp³-hybridized carbons (Fsp3) is 0.571. The van der Waals surface area contributed by atoms with E-state index in [0.29, 0.717) is 24.7 Å². The molecule has 13 heavy (non-hydrogen) atoms. The number of hydrogen-bond donors (Lipinski definition) is 2. The molecule has 6 heteroatoms. The van der Waals surface area contributed by atoms with Crippen LogP contribution in [-0.4, -0.2) is 22.6 Å². The van der Waals surface area contributed by atoms with Gasteiger partial charge < -0.3 is 16.0 Å². The predicted octanol–water partition coefficient (Wildman–Crippen LogP) is -1.01. The topological polar surface area (TPSA) is 108 Å². The lowest BCUT2D eigenvalue weighted by Crippen LogP contribution is -2.14. The van der Waals surface area contributed by atoms with Gasteiger partial charge in [-0.05, 0) is 13.0 Å². The molecule has 0 aliphatic heterocycles. The summed E-state index contributed by atoms with van der Waals surface area (Å²) in [6, 6.07) is 0. The molecule has 0 saturated heterocycles. The first kappa shape index (κ1) is 9.66. The van der Waals surface area contributed by atoms with Crippen molar-refractivity contribution in [3.63, 3.8) is 0 Å². The number of rotatable bonds is 5. The Morgan fingerprint density at radius 2 is 2.31 bits per heavy atom. The minimum absolute atomic E-state index is 0.0200. The number of nitrogens with two attached hydrogens (primary N) is 2. The summed E-state index contributed by atoms with van der Waals surface area (Å²) in [7, 11) is 0. The Hall–Kier alpha value is -1.43. The fourth-order valence-corrected chi connectivity index (χ4v) is 0.873. The van der Waals surface area contributed by atoms with Gasteiger partial charge in [-0.25, -0.2) is 0 Å². The Morgan fingerprint density at radius 3 is 2.92 bits per heavy atom. The van der Waals surface area contributed by atoms with E-state index in [0.717, 1.165) is 6.42 Å². The van der Waals surface area contributed by atoms with Crippen molar-refractivity contribution in [1.29, 1.82) is 0 Å². The molecule has 0 bridgehead atoms. The summed E-state index contributed by atoms with van der Waals surface area (Å²) < 4.78 is 4.84. The Bertz CT molecular complexity index is 284. The highest BCUT2D eigenvalue weighted by Gasteiger charge is 2.07. The highest BCUT2D eigenvalue weighted by Crippen LogP contribution is 2.00. The maximum Gasteiger partial charge on any atom is 0.226 e. The third-order valence-electron chi connectivity index (χ3n) is 1.44. The Kier molecular flexibility index (Phi) is 3.39. The van der Waals surface area contributed by atoms with Gasteiger partial charge >= 0.3 is 0 Å². The van der Waals surface area contributed by atoms with E-state index in [1.165, 1.54) is 0 Å². The van der Waals surface area contributed by atoms with Crippen molar-refractivity contribution in [2.45, 2.75) is 19.3 Å². The van der Waals surface area contributed by atoms with Crippen LogP contribution in [0, 0.1) is 0 Å². The highest BCUT2D eigenvalue weighted by atomic mass is 16.5. The minimum atomic E-state index is -0.467. The Morgan fingerprint density at radius 1 is 1.54 bits per heavy atom. The van der Waals surface area contributed by atoms with E-state index < -0.39 is 5.91 Å². The molecule has 1 aromatic heterocycles.